The first kappa shape index (κ1) is 18.6. The molecule has 0 radical (unpaired) electrons. The molecular formula is C18H16N6O4. The molecule has 142 valence electrons. The van der Waals surface area contributed by atoms with Gasteiger partial charge in [-0.05, 0) is 42.0 Å². The molecule has 0 saturated heterocycles. The van der Waals surface area contributed by atoms with Gasteiger partial charge in [0.25, 0.3) is 11.6 Å². The number of ether oxygens (including phenoxy) is 1. The molecule has 0 bridgehead atoms. The molecule has 3 aromatic rings. The fourth-order valence-electron chi connectivity index (χ4n) is 2.39. The van der Waals surface area contributed by atoms with Crippen molar-refractivity contribution in [1.29, 1.82) is 0 Å². The number of rotatable bonds is 7. The van der Waals surface area contributed by atoms with E-state index in [1.165, 1.54) is 30.5 Å². The molecular weight excluding hydrogens is 364 g/mol. The zero-order valence-electron chi connectivity index (χ0n) is 14.7. The van der Waals surface area contributed by atoms with Gasteiger partial charge in [0, 0.05) is 24.0 Å². The van der Waals surface area contributed by atoms with Crippen molar-refractivity contribution in [2.45, 2.75) is 0 Å². The van der Waals surface area contributed by atoms with Crippen molar-refractivity contribution in [3.63, 3.8) is 0 Å². The number of non-ortho nitro benzene ring substituents is 1. The number of aromatic amines is 1. The summed E-state index contributed by atoms with van der Waals surface area (Å²) < 4.78 is 5.09. The third-order valence-electron chi connectivity index (χ3n) is 3.79. The molecule has 2 aromatic carbocycles. The molecule has 3 rings (SSSR count). The second-order valence-corrected chi connectivity index (χ2v) is 5.62. The van der Waals surface area contributed by atoms with Crippen LogP contribution in [0.25, 0.3) is 0 Å². The number of aromatic nitrogens is 2. The van der Waals surface area contributed by atoms with Gasteiger partial charge in [-0.3, -0.25) is 20.0 Å². The molecule has 0 aliphatic rings. The fraction of sp³-hybridized carbons (Fsp3) is 0.0556. The third kappa shape index (κ3) is 4.12. The highest BCUT2D eigenvalue weighted by molar-refractivity contribution is 6.03. The molecule has 0 fully saturated rings. The normalized spacial score (nSPS) is 10.8. The first-order valence-electron chi connectivity index (χ1n) is 8.05. The Morgan fingerprint density at radius 2 is 1.93 bits per heavy atom. The van der Waals surface area contributed by atoms with Gasteiger partial charge in [-0.2, -0.15) is 5.10 Å². The number of H-pyrrole nitrogens is 1. The van der Waals surface area contributed by atoms with E-state index >= 15 is 0 Å². The van der Waals surface area contributed by atoms with Crippen LogP contribution in [-0.2, 0) is 0 Å². The fourth-order valence-corrected chi connectivity index (χ4v) is 2.39. The van der Waals surface area contributed by atoms with Crippen LogP contribution < -0.4 is 15.8 Å². The number of amides is 1. The van der Waals surface area contributed by atoms with Crippen molar-refractivity contribution in [2.75, 3.05) is 12.4 Å². The van der Waals surface area contributed by atoms with Gasteiger partial charge in [0.2, 0.25) is 0 Å². The lowest BCUT2D eigenvalue weighted by Crippen LogP contribution is -2.12. The Hall–Kier alpha value is -4.21. The molecule has 0 atom stereocenters. The average Bonchev–Trinajstić information content (AvgIpc) is 3.10. The second-order valence-electron chi connectivity index (χ2n) is 5.62. The smallest absolute Gasteiger partial charge is 0.269 e. The van der Waals surface area contributed by atoms with Gasteiger partial charge in [-0.15, -0.1) is 0 Å². The molecule has 10 heteroatoms. The standard InChI is InChI=1S/C18H16N6O4/c1-28-14-8-2-11(3-9-14)10-20-17-15(16(19)25)18(23-22-17)21-12-4-6-13(7-5-12)24(26)27/h2-10H,1H3,(H2,19,25)(H2,21,22,23). The summed E-state index contributed by atoms with van der Waals surface area (Å²) in [5.74, 6) is 0.348. The minimum atomic E-state index is -0.722. The topological polar surface area (TPSA) is 149 Å². The number of anilines is 2. The number of nitro benzene ring substituents is 1. The van der Waals surface area contributed by atoms with Crippen LogP contribution in [-0.4, -0.2) is 34.4 Å². The van der Waals surface area contributed by atoms with E-state index in [1.54, 1.807) is 31.4 Å². The zero-order valence-corrected chi connectivity index (χ0v) is 14.7. The second kappa shape index (κ2) is 7.99. The maximum Gasteiger partial charge on any atom is 0.269 e. The molecule has 0 aliphatic carbocycles. The highest BCUT2D eigenvalue weighted by Gasteiger charge is 2.18. The number of carbonyl (C=O) groups is 1. The van der Waals surface area contributed by atoms with Crippen molar-refractivity contribution < 1.29 is 14.5 Å². The van der Waals surface area contributed by atoms with Gasteiger partial charge < -0.3 is 15.8 Å². The molecule has 0 saturated carbocycles. The Balaban J connectivity index is 1.83. The summed E-state index contributed by atoms with van der Waals surface area (Å²) in [6, 6.07) is 12.8. The number of nitrogens with one attached hydrogen (secondary N) is 2. The number of hydrogen-bond acceptors (Lipinski definition) is 7. The summed E-state index contributed by atoms with van der Waals surface area (Å²) in [6.07, 6.45) is 1.54. The number of nitrogens with two attached hydrogens (primary N) is 1. The predicted molar refractivity (Wildman–Crippen MR) is 104 cm³/mol. The minimum Gasteiger partial charge on any atom is -0.497 e. The maximum atomic E-state index is 11.9. The molecule has 28 heavy (non-hydrogen) atoms. The summed E-state index contributed by atoms with van der Waals surface area (Å²) in [5, 5.41) is 20.3. The van der Waals surface area contributed by atoms with E-state index in [1.807, 2.05) is 0 Å². The lowest BCUT2D eigenvalue weighted by Gasteiger charge is -2.05. The summed E-state index contributed by atoms with van der Waals surface area (Å²) in [5.41, 5.74) is 6.79. The Kier molecular flexibility index (Phi) is 5.30. The van der Waals surface area contributed by atoms with Gasteiger partial charge >= 0.3 is 0 Å². The lowest BCUT2D eigenvalue weighted by molar-refractivity contribution is -0.384. The van der Waals surface area contributed by atoms with Crippen molar-refractivity contribution >= 4 is 35.1 Å². The number of methoxy groups -OCH3 is 1. The highest BCUT2D eigenvalue weighted by Crippen LogP contribution is 2.27. The summed E-state index contributed by atoms with van der Waals surface area (Å²) >= 11 is 0. The van der Waals surface area contributed by atoms with E-state index < -0.39 is 10.8 Å². The van der Waals surface area contributed by atoms with Crippen molar-refractivity contribution in [1.82, 2.24) is 10.2 Å². The van der Waals surface area contributed by atoms with Crippen LogP contribution in [0.1, 0.15) is 15.9 Å². The number of primary amides is 1. The van der Waals surface area contributed by atoms with Crippen LogP contribution >= 0.6 is 0 Å². The SMILES string of the molecule is COc1ccc(C=Nc2n[nH]c(Nc3ccc([N+](=O)[O-])cc3)c2C(N)=O)cc1. The maximum absolute atomic E-state index is 11.9. The third-order valence-corrected chi connectivity index (χ3v) is 3.79. The molecule has 4 N–H and O–H groups in total. The van der Waals surface area contributed by atoms with Crippen molar-refractivity contribution in [3.8, 4) is 5.75 Å². The van der Waals surface area contributed by atoms with Crippen LogP contribution in [0.4, 0.5) is 23.0 Å². The molecule has 1 aromatic heterocycles. The van der Waals surface area contributed by atoms with E-state index in [2.05, 4.69) is 20.5 Å². The number of aliphatic imine (C=N–C) groups is 1. The van der Waals surface area contributed by atoms with Crippen LogP contribution in [0.15, 0.2) is 53.5 Å². The van der Waals surface area contributed by atoms with Crippen LogP contribution in [0.2, 0.25) is 0 Å². The van der Waals surface area contributed by atoms with Gasteiger partial charge in [0.05, 0.1) is 12.0 Å². The van der Waals surface area contributed by atoms with E-state index in [-0.39, 0.29) is 22.9 Å². The number of benzene rings is 2. The number of nitrogens with zero attached hydrogens (tertiary/aromatic N) is 3. The highest BCUT2D eigenvalue weighted by atomic mass is 16.6. The lowest BCUT2D eigenvalue weighted by atomic mass is 10.2. The van der Waals surface area contributed by atoms with Crippen molar-refractivity contribution in [3.05, 3.63) is 69.8 Å². The zero-order chi connectivity index (χ0) is 20.1. The first-order valence-corrected chi connectivity index (χ1v) is 8.05. The Morgan fingerprint density at radius 1 is 1.25 bits per heavy atom. The molecule has 10 nitrogen and oxygen atoms in total. The van der Waals surface area contributed by atoms with Gasteiger partial charge in [-0.1, -0.05) is 0 Å². The summed E-state index contributed by atoms with van der Waals surface area (Å²) in [7, 11) is 1.57. The molecule has 0 spiro atoms. The monoisotopic (exact) mass is 380 g/mol. The number of hydrogen-bond donors (Lipinski definition) is 3. The minimum absolute atomic E-state index is 0.0462. The molecule has 0 unspecified atom stereocenters. The van der Waals surface area contributed by atoms with Crippen LogP contribution in [0, 0.1) is 10.1 Å². The summed E-state index contributed by atoms with van der Waals surface area (Å²) in [4.78, 5) is 26.3. The van der Waals surface area contributed by atoms with E-state index in [9.17, 15) is 14.9 Å². The Bertz CT molecular complexity index is 1030. The molecule has 1 heterocycles. The largest absolute Gasteiger partial charge is 0.497 e. The van der Waals surface area contributed by atoms with E-state index in [4.69, 9.17) is 10.5 Å². The Morgan fingerprint density at radius 3 is 2.50 bits per heavy atom. The predicted octanol–water partition coefficient (Wildman–Crippen LogP) is 2.92. The van der Waals surface area contributed by atoms with E-state index in [0.29, 0.717) is 11.4 Å². The average molecular weight is 380 g/mol. The first-order chi connectivity index (χ1) is 13.5. The summed E-state index contributed by atoms with van der Waals surface area (Å²) in [6.45, 7) is 0. The Labute approximate surface area is 159 Å². The van der Waals surface area contributed by atoms with Gasteiger partial charge in [0.1, 0.15) is 17.1 Å². The van der Waals surface area contributed by atoms with Crippen molar-refractivity contribution in [2.24, 2.45) is 10.7 Å². The molecule has 1 amide bonds. The van der Waals surface area contributed by atoms with Gasteiger partial charge in [-0.25, -0.2) is 4.99 Å². The quantitative estimate of drug-likeness (QED) is 0.326. The van der Waals surface area contributed by atoms with Crippen LogP contribution in [0.5, 0.6) is 5.75 Å². The van der Waals surface area contributed by atoms with E-state index in [0.717, 1.165) is 5.56 Å². The van der Waals surface area contributed by atoms with Gasteiger partial charge in [0.15, 0.2) is 5.82 Å². The number of nitro groups is 1. The molecule has 0 aliphatic heterocycles. The van der Waals surface area contributed by atoms with Crippen LogP contribution in [0.3, 0.4) is 0 Å². The number of carbonyl (C=O) groups excluding carboxylic acids is 1.